The van der Waals surface area contributed by atoms with Crippen molar-refractivity contribution in [3.05, 3.63) is 46.9 Å². The van der Waals surface area contributed by atoms with E-state index >= 15 is 0 Å². The molecule has 2 aromatic rings. The molecule has 1 aromatic carbocycles. The van der Waals surface area contributed by atoms with E-state index in [0.717, 1.165) is 29.1 Å². The maximum Gasteiger partial charge on any atom is 0.246 e. The molecule has 0 atom stereocenters. The first-order valence-corrected chi connectivity index (χ1v) is 9.94. The number of hydrogen-bond donors (Lipinski definition) is 0. The quantitative estimate of drug-likeness (QED) is 0.567. The number of hydrogen-bond acceptors (Lipinski definition) is 5. The molecule has 6 heteroatoms. The Morgan fingerprint density at radius 1 is 1.21 bits per heavy atom. The number of nitrogens with zero attached hydrogens (tertiary/aromatic N) is 2. The summed E-state index contributed by atoms with van der Waals surface area (Å²) in [5, 5.41) is 3.94. The zero-order chi connectivity index (χ0) is 21.6. The fourth-order valence-corrected chi connectivity index (χ4v) is 2.98. The van der Waals surface area contributed by atoms with Crippen molar-refractivity contribution in [1.82, 2.24) is 10.1 Å². The van der Waals surface area contributed by atoms with Gasteiger partial charge in [-0.1, -0.05) is 25.1 Å². The van der Waals surface area contributed by atoms with Crippen molar-refractivity contribution in [2.45, 2.75) is 54.2 Å². The normalized spacial score (nSPS) is 11.5. The largest absolute Gasteiger partial charge is 0.493 e. The van der Waals surface area contributed by atoms with Crippen molar-refractivity contribution in [3.8, 4) is 11.5 Å². The Hall–Kier alpha value is -2.76. The number of methoxy groups -OCH3 is 1. The molecule has 0 spiro atoms. The zero-order valence-corrected chi connectivity index (χ0v) is 18.5. The first-order chi connectivity index (χ1) is 13.7. The molecule has 0 N–H and O–H groups in total. The van der Waals surface area contributed by atoms with E-state index in [1.807, 2.05) is 50.8 Å². The zero-order valence-electron chi connectivity index (χ0n) is 18.5. The van der Waals surface area contributed by atoms with Crippen molar-refractivity contribution in [2.24, 2.45) is 5.92 Å². The summed E-state index contributed by atoms with van der Waals surface area (Å²) in [5.74, 6) is 2.40. The SMILES string of the molecule is COc1cc(/C=C/C(=O)N(CC(C)C)C(C)C)ccc1OCc1c(C)noc1C. The van der Waals surface area contributed by atoms with E-state index in [0.29, 0.717) is 24.0 Å². The number of carbonyl (C=O) groups is 1. The van der Waals surface area contributed by atoms with E-state index < -0.39 is 0 Å². The van der Waals surface area contributed by atoms with Gasteiger partial charge in [0.05, 0.1) is 18.4 Å². The number of benzene rings is 1. The summed E-state index contributed by atoms with van der Waals surface area (Å²) in [4.78, 5) is 14.5. The molecule has 158 valence electrons. The third-order valence-corrected chi connectivity index (χ3v) is 4.63. The number of ether oxygens (including phenoxy) is 2. The Balaban J connectivity index is 2.11. The topological polar surface area (TPSA) is 64.8 Å². The summed E-state index contributed by atoms with van der Waals surface area (Å²) in [7, 11) is 1.60. The summed E-state index contributed by atoms with van der Waals surface area (Å²) >= 11 is 0. The molecule has 1 heterocycles. The van der Waals surface area contributed by atoms with Crippen LogP contribution in [0.4, 0.5) is 0 Å². The fraction of sp³-hybridized carbons (Fsp3) is 0.478. The van der Waals surface area contributed by atoms with E-state index in [-0.39, 0.29) is 11.9 Å². The maximum atomic E-state index is 12.6. The van der Waals surface area contributed by atoms with Gasteiger partial charge in [-0.05, 0) is 57.4 Å². The standard InChI is InChI=1S/C23H32N2O4/c1-15(2)13-25(16(3)4)23(26)11-9-19-8-10-21(22(12-19)27-7)28-14-20-17(5)24-29-18(20)6/h8-12,15-16H,13-14H2,1-7H3/b11-9+. The minimum Gasteiger partial charge on any atom is -0.493 e. The maximum absolute atomic E-state index is 12.6. The van der Waals surface area contributed by atoms with Crippen LogP contribution in [0.2, 0.25) is 0 Å². The smallest absolute Gasteiger partial charge is 0.246 e. The molecule has 0 aliphatic carbocycles. The van der Waals surface area contributed by atoms with Gasteiger partial charge in [0.25, 0.3) is 0 Å². The third kappa shape index (κ3) is 6.11. The monoisotopic (exact) mass is 400 g/mol. The Kier molecular flexibility index (Phi) is 7.88. The highest BCUT2D eigenvalue weighted by Crippen LogP contribution is 2.30. The van der Waals surface area contributed by atoms with Crippen molar-refractivity contribution < 1.29 is 18.8 Å². The lowest BCUT2D eigenvalue weighted by Crippen LogP contribution is -2.38. The van der Waals surface area contributed by atoms with Gasteiger partial charge in [0.15, 0.2) is 11.5 Å². The van der Waals surface area contributed by atoms with Crippen LogP contribution in [0, 0.1) is 19.8 Å². The third-order valence-electron chi connectivity index (χ3n) is 4.63. The Labute approximate surface area is 173 Å². The van der Waals surface area contributed by atoms with Crippen LogP contribution in [0.3, 0.4) is 0 Å². The van der Waals surface area contributed by atoms with Crippen molar-refractivity contribution in [3.63, 3.8) is 0 Å². The minimum atomic E-state index is 0.00593. The van der Waals surface area contributed by atoms with Crippen molar-refractivity contribution >= 4 is 12.0 Å². The summed E-state index contributed by atoms with van der Waals surface area (Å²) in [6, 6.07) is 5.76. The fourth-order valence-electron chi connectivity index (χ4n) is 2.98. The van der Waals surface area contributed by atoms with Gasteiger partial charge in [0.1, 0.15) is 12.4 Å². The summed E-state index contributed by atoms with van der Waals surface area (Å²) in [6.07, 6.45) is 3.42. The van der Waals surface area contributed by atoms with E-state index in [1.54, 1.807) is 19.3 Å². The van der Waals surface area contributed by atoms with Gasteiger partial charge in [-0.25, -0.2) is 0 Å². The molecular weight excluding hydrogens is 368 g/mol. The molecule has 1 aromatic heterocycles. The van der Waals surface area contributed by atoms with Crippen molar-refractivity contribution in [2.75, 3.05) is 13.7 Å². The molecule has 0 bridgehead atoms. The van der Waals surface area contributed by atoms with Crippen LogP contribution in [-0.4, -0.2) is 35.7 Å². The second-order valence-electron chi connectivity index (χ2n) is 7.81. The molecule has 0 fully saturated rings. The summed E-state index contributed by atoms with van der Waals surface area (Å²) < 4.78 is 16.5. The van der Waals surface area contributed by atoms with E-state index in [2.05, 4.69) is 19.0 Å². The number of aryl methyl sites for hydroxylation is 2. The van der Waals surface area contributed by atoms with Gasteiger partial charge in [-0.15, -0.1) is 0 Å². The van der Waals surface area contributed by atoms with Crippen LogP contribution in [0.25, 0.3) is 6.08 Å². The summed E-state index contributed by atoms with van der Waals surface area (Å²) in [6.45, 7) is 13.1. The highest BCUT2D eigenvalue weighted by molar-refractivity contribution is 5.92. The predicted molar refractivity (Wildman–Crippen MR) is 114 cm³/mol. The second-order valence-corrected chi connectivity index (χ2v) is 7.81. The summed E-state index contributed by atoms with van der Waals surface area (Å²) in [5.41, 5.74) is 2.62. The Morgan fingerprint density at radius 3 is 2.48 bits per heavy atom. The van der Waals surface area contributed by atoms with E-state index in [9.17, 15) is 4.79 Å². The van der Waals surface area contributed by atoms with Gasteiger partial charge in [-0.3, -0.25) is 4.79 Å². The number of aromatic nitrogens is 1. The molecule has 2 rings (SSSR count). The first-order valence-electron chi connectivity index (χ1n) is 9.94. The lowest BCUT2D eigenvalue weighted by atomic mass is 10.1. The average Bonchev–Trinajstić information content (AvgIpc) is 3.00. The Bertz CT molecular complexity index is 833. The molecule has 0 unspecified atom stereocenters. The molecule has 0 radical (unpaired) electrons. The predicted octanol–water partition coefficient (Wildman–Crippen LogP) is 4.79. The second kappa shape index (κ2) is 10.1. The van der Waals surface area contributed by atoms with Crippen LogP contribution in [-0.2, 0) is 11.4 Å². The molecule has 0 aliphatic rings. The van der Waals surface area contributed by atoms with Crippen LogP contribution in [0.1, 0.15) is 50.3 Å². The van der Waals surface area contributed by atoms with Gasteiger partial charge in [0.2, 0.25) is 5.91 Å². The number of amides is 1. The van der Waals surface area contributed by atoms with E-state index in [4.69, 9.17) is 14.0 Å². The molecule has 0 saturated carbocycles. The Morgan fingerprint density at radius 2 is 1.93 bits per heavy atom. The van der Waals surface area contributed by atoms with Crippen LogP contribution < -0.4 is 9.47 Å². The van der Waals surface area contributed by atoms with Crippen LogP contribution in [0.15, 0.2) is 28.8 Å². The van der Waals surface area contributed by atoms with Gasteiger partial charge in [0, 0.05) is 18.7 Å². The minimum absolute atomic E-state index is 0.00593. The molecule has 6 nitrogen and oxygen atoms in total. The number of rotatable bonds is 9. The lowest BCUT2D eigenvalue weighted by Gasteiger charge is -2.27. The van der Waals surface area contributed by atoms with Crippen molar-refractivity contribution in [1.29, 1.82) is 0 Å². The first kappa shape index (κ1) is 22.5. The van der Waals surface area contributed by atoms with Crippen LogP contribution >= 0.6 is 0 Å². The molecular formula is C23H32N2O4. The van der Waals surface area contributed by atoms with Gasteiger partial charge in [-0.2, -0.15) is 0 Å². The highest BCUT2D eigenvalue weighted by Gasteiger charge is 2.16. The number of carbonyl (C=O) groups excluding carboxylic acids is 1. The van der Waals surface area contributed by atoms with Gasteiger partial charge < -0.3 is 18.9 Å². The lowest BCUT2D eigenvalue weighted by molar-refractivity contribution is -0.128. The molecule has 1 amide bonds. The van der Waals surface area contributed by atoms with E-state index in [1.165, 1.54) is 0 Å². The molecule has 0 aliphatic heterocycles. The van der Waals surface area contributed by atoms with Crippen LogP contribution in [0.5, 0.6) is 11.5 Å². The average molecular weight is 401 g/mol. The molecule has 29 heavy (non-hydrogen) atoms. The highest BCUT2D eigenvalue weighted by atomic mass is 16.5. The van der Waals surface area contributed by atoms with Gasteiger partial charge >= 0.3 is 0 Å². The molecule has 0 saturated heterocycles.